The van der Waals surface area contributed by atoms with Gasteiger partial charge in [-0.2, -0.15) is 0 Å². The molecule has 0 spiro atoms. The second-order valence-corrected chi connectivity index (χ2v) is 7.60. The van der Waals surface area contributed by atoms with Gasteiger partial charge in [-0.15, -0.1) is 0 Å². The lowest BCUT2D eigenvalue weighted by molar-refractivity contribution is -0.129. The highest BCUT2D eigenvalue weighted by atomic mass is 32.2. The van der Waals surface area contributed by atoms with Gasteiger partial charge >= 0.3 is 0 Å². The number of thioether (sulfide) groups is 1. The summed E-state index contributed by atoms with van der Waals surface area (Å²) in [4.78, 5) is 38.2. The largest absolute Gasteiger partial charge is 0.283 e. The van der Waals surface area contributed by atoms with Crippen LogP contribution in [-0.2, 0) is 9.59 Å². The van der Waals surface area contributed by atoms with Crippen LogP contribution in [0.4, 0.5) is 0 Å². The van der Waals surface area contributed by atoms with Crippen LogP contribution < -0.4 is 10.9 Å². The van der Waals surface area contributed by atoms with Crippen LogP contribution in [0.15, 0.2) is 77.7 Å². The van der Waals surface area contributed by atoms with Crippen LogP contribution in [0, 0.1) is 0 Å². The Morgan fingerprint density at radius 2 is 1.66 bits per heavy atom. The molecule has 0 saturated carbocycles. The van der Waals surface area contributed by atoms with Gasteiger partial charge in [0.1, 0.15) is 10.9 Å². The molecular formula is C21H17N3O3S2. The molecule has 3 amide bonds. The van der Waals surface area contributed by atoms with Crippen molar-refractivity contribution in [2.24, 2.45) is 0 Å². The van der Waals surface area contributed by atoms with Crippen molar-refractivity contribution < 1.29 is 14.4 Å². The minimum Gasteiger partial charge on any atom is -0.283 e. The standard InChI is InChI=1S/C21H17N3O3S2/c25-18(22-23-19(26)16-11-5-2-6-12-16)14-24-20(27)17(29-21(24)28)13-7-10-15-8-3-1-4-9-15/h1-13H,14H2,(H,22,25)(H,23,26). The summed E-state index contributed by atoms with van der Waals surface area (Å²) >= 11 is 6.34. The Hall–Kier alpha value is -3.23. The first kappa shape index (κ1) is 20.5. The van der Waals surface area contributed by atoms with Gasteiger partial charge in [0.25, 0.3) is 17.7 Å². The summed E-state index contributed by atoms with van der Waals surface area (Å²) in [6.07, 6.45) is 5.31. The van der Waals surface area contributed by atoms with E-state index in [9.17, 15) is 14.4 Å². The Morgan fingerprint density at radius 1 is 1.00 bits per heavy atom. The topological polar surface area (TPSA) is 78.5 Å². The molecule has 1 aliphatic heterocycles. The Bertz CT molecular complexity index is 989. The van der Waals surface area contributed by atoms with Gasteiger partial charge in [0.2, 0.25) is 0 Å². The molecule has 29 heavy (non-hydrogen) atoms. The maximum absolute atomic E-state index is 12.5. The van der Waals surface area contributed by atoms with E-state index in [0.717, 1.165) is 17.3 Å². The summed E-state index contributed by atoms with van der Waals surface area (Å²) in [5.41, 5.74) is 6.02. The summed E-state index contributed by atoms with van der Waals surface area (Å²) in [5, 5.41) is 0. The van der Waals surface area contributed by atoms with Crippen LogP contribution in [0.2, 0.25) is 0 Å². The summed E-state index contributed by atoms with van der Waals surface area (Å²) in [7, 11) is 0. The Morgan fingerprint density at radius 3 is 2.34 bits per heavy atom. The lowest BCUT2D eigenvalue weighted by atomic mass is 10.2. The molecule has 0 atom stereocenters. The molecule has 0 aromatic heterocycles. The summed E-state index contributed by atoms with van der Waals surface area (Å²) in [5.74, 6) is -1.34. The van der Waals surface area contributed by atoms with E-state index in [-0.39, 0.29) is 12.5 Å². The van der Waals surface area contributed by atoms with E-state index < -0.39 is 11.8 Å². The highest BCUT2D eigenvalue weighted by molar-refractivity contribution is 8.26. The molecule has 1 saturated heterocycles. The molecule has 2 aromatic carbocycles. The van der Waals surface area contributed by atoms with E-state index in [1.54, 1.807) is 42.5 Å². The first-order chi connectivity index (χ1) is 14.0. The third kappa shape index (κ3) is 5.63. The number of allylic oxidation sites excluding steroid dienone is 2. The summed E-state index contributed by atoms with van der Waals surface area (Å²) < 4.78 is 0.291. The van der Waals surface area contributed by atoms with E-state index in [1.807, 2.05) is 36.4 Å². The van der Waals surface area contributed by atoms with Crippen LogP contribution in [0.25, 0.3) is 6.08 Å². The second kappa shape index (κ2) is 9.81. The third-order valence-electron chi connectivity index (χ3n) is 3.86. The smallest absolute Gasteiger partial charge is 0.269 e. The van der Waals surface area contributed by atoms with Gasteiger partial charge in [0, 0.05) is 5.56 Å². The van der Waals surface area contributed by atoms with Crippen LogP contribution >= 0.6 is 24.0 Å². The van der Waals surface area contributed by atoms with Crippen molar-refractivity contribution in [2.45, 2.75) is 0 Å². The van der Waals surface area contributed by atoms with Gasteiger partial charge in [-0.25, -0.2) is 0 Å². The first-order valence-corrected chi connectivity index (χ1v) is 9.88. The summed E-state index contributed by atoms with van der Waals surface area (Å²) in [6.45, 7) is -0.278. The summed E-state index contributed by atoms with van der Waals surface area (Å²) in [6, 6.07) is 18.1. The molecule has 2 N–H and O–H groups in total. The molecule has 2 aromatic rings. The number of rotatable bonds is 5. The van der Waals surface area contributed by atoms with E-state index in [4.69, 9.17) is 12.2 Å². The fraction of sp³-hybridized carbons (Fsp3) is 0.0476. The van der Waals surface area contributed by atoms with Crippen molar-refractivity contribution in [3.63, 3.8) is 0 Å². The molecule has 1 aliphatic rings. The second-order valence-electron chi connectivity index (χ2n) is 5.93. The number of hydrogen-bond donors (Lipinski definition) is 2. The quantitative estimate of drug-likeness (QED) is 0.439. The average Bonchev–Trinajstić information content (AvgIpc) is 3.01. The number of carbonyl (C=O) groups is 3. The zero-order valence-corrected chi connectivity index (χ0v) is 16.8. The molecule has 6 nitrogen and oxygen atoms in total. The number of amides is 3. The van der Waals surface area contributed by atoms with Crippen LogP contribution in [0.5, 0.6) is 0 Å². The zero-order chi connectivity index (χ0) is 20.6. The Labute approximate surface area is 177 Å². The highest BCUT2D eigenvalue weighted by Crippen LogP contribution is 2.30. The van der Waals surface area contributed by atoms with Gasteiger partial charge in [-0.3, -0.25) is 30.1 Å². The first-order valence-electron chi connectivity index (χ1n) is 8.66. The number of benzene rings is 2. The van der Waals surface area contributed by atoms with Gasteiger partial charge in [-0.1, -0.05) is 84.7 Å². The predicted octanol–water partition coefficient (Wildman–Crippen LogP) is 2.91. The number of thiocarbonyl (C=S) groups is 1. The maximum Gasteiger partial charge on any atom is 0.269 e. The van der Waals surface area contributed by atoms with Crippen LogP contribution in [-0.4, -0.2) is 33.5 Å². The maximum atomic E-state index is 12.5. The monoisotopic (exact) mass is 423 g/mol. The SMILES string of the molecule is O=C(CN1C(=O)C(=CC=Cc2ccccc2)SC1=S)NNC(=O)c1ccccc1. The molecule has 1 fully saturated rings. The van der Waals surface area contributed by atoms with Gasteiger partial charge in [0.15, 0.2) is 0 Å². The molecule has 0 aliphatic carbocycles. The molecule has 3 rings (SSSR count). The van der Waals surface area contributed by atoms with Crippen molar-refractivity contribution in [3.05, 3.63) is 88.8 Å². The van der Waals surface area contributed by atoms with Gasteiger partial charge < -0.3 is 0 Å². The Balaban J connectivity index is 1.54. The normalized spacial score (nSPS) is 15.2. The molecule has 0 bridgehead atoms. The fourth-order valence-corrected chi connectivity index (χ4v) is 3.64. The van der Waals surface area contributed by atoms with E-state index in [2.05, 4.69) is 10.9 Å². The number of nitrogens with zero attached hydrogens (tertiary/aromatic N) is 1. The molecule has 8 heteroatoms. The lowest BCUT2D eigenvalue weighted by Crippen LogP contribution is -2.47. The van der Waals surface area contributed by atoms with Crippen LogP contribution in [0.3, 0.4) is 0 Å². The third-order valence-corrected chi connectivity index (χ3v) is 5.26. The molecule has 0 radical (unpaired) electrons. The molecule has 1 heterocycles. The number of carbonyl (C=O) groups excluding carboxylic acids is 3. The average molecular weight is 424 g/mol. The van der Waals surface area contributed by atoms with Crippen molar-refractivity contribution in [1.29, 1.82) is 0 Å². The fourth-order valence-electron chi connectivity index (χ4n) is 2.43. The van der Waals surface area contributed by atoms with Crippen molar-refractivity contribution in [1.82, 2.24) is 15.8 Å². The zero-order valence-electron chi connectivity index (χ0n) is 15.2. The minimum absolute atomic E-state index is 0.278. The predicted molar refractivity (Wildman–Crippen MR) is 118 cm³/mol. The highest BCUT2D eigenvalue weighted by Gasteiger charge is 2.33. The molecular weight excluding hydrogens is 406 g/mol. The number of nitrogens with one attached hydrogen (secondary N) is 2. The molecule has 0 unspecified atom stereocenters. The van der Waals surface area contributed by atoms with Crippen molar-refractivity contribution >= 4 is 52.1 Å². The van der Waals surface area contributed by atoms with Gasteiger partial charge in [-0.05, 0) is 23.8 Å². The van der Waals surface area contributed by atoms with Crippen LogP contribution in [0.1, 0.15) is 15.9 Å². The minimum atomic E-state index is -0.549. The lowest BCUT2D eigenvalue weighted by Gasteiger charge is -2.14. The number of hydrazine groups is 1. The van der Waals surface area contributed by atoms with E-state index in [1.165, 1.54) is 4.90 Å². The Kier molecular flexibility index (Phi) is 6.94. The molecule has 146 valence electrons. The van der Waals surface area contributed by atoms with E-state index in [0.29, 0.717) is 14.8 Å². The van der Waals surface area contributed by atoms with E-state index >= 15 is 0 Å². The van der Waals surface area contributed by atoms with Crippen molar-refractivity contribution in [2.75, 3.05) is 6.54 Å². The van der Waals surface area contributed by atoms with Gasteiger partial charge in [0.05, 0.1) is 4.91 Å². The van der Waals surface area contributed by atoms with Crippen molar-refractivity contribution in [3.8, 4) is 0 Å². The number of hydrogen-bond acceptors (Lipinski definition) is 5.